The Hall–Kier alpha value is -1.14. The van der Waals surface area contributed by atoms with Crippen LogP contribution in [0.5, 0.6) is 0 Å². The van der Waals surface area contributed by atoms with Crippen LogP contribution < -0.4 is 5.73 Å². The molecule has 0 aliphatic carbocycles. The van der Waals surface area contributed by atoms with E-state index in [1.165, 1.54) is 23.3 Å². The summed E-state index contributed by atoms with van der Waals surface area (Å²) in [5.41, 5.74) is 7.64. The average Bonchev–Trinajstić information content (AvgIpc) is 2.70. The molecule has 4 nitrogen and oxygen atoms in total. The molecule has 0 amide bonds. The van der Waals surface area contributed by atoms with Crippen LogP contribution in [0.4, 0.5) is 5.69 Å². The number of nitrogen functional groups attached to an aromatic ring is 1. The highest BCUT2D eigenvalue weighted by molar-refractivity contribution is 8.01. The first-order chi connectivity index (χ1) is 7.69. The van der Waals surface area contributed by atoms with Crippen molar-refractivity contribution in [3.8, 4) is 0 Å². The fourth-order valence-electron chi connectivity index (χ4n) is 1.17. The van der Waals surface area contributed by atoms with Crippen LogP contribution in [0.15, 0.2) is 21.6 Å². The third-order valence-electron chi connectivity index (χ3n) is 1.97. The number of nitrogens with two attached hydrogens (primary N) is 1. The van der Waals surface area contributed by atoms with Crippen molar-refractivity contribution in [1.82, 2.24) is 14.3 Å². The van der Waals surface area contributed by atoms with Crippen LogP contribution in [0.1, 0.15) is 18.3 Å². The highest BCUT2D eigenvalue weighted by atomic mass is 32.2. The molecule has 16 heavy (non-hydrogen) atoms. The Morgan fingerprint density at radius 2 is 2.31 bits per heavy atom. The van der Waals surface area contributed by atoms with E-state index in [0.29, 0.717) is 5.69 Å². The van der Waals surface area contributed by atoms with Gasteiger partial charge in [0.25, 0.3) is 0 Å². The van der Waals surface area contributed by atoms with Gasteiger partial charge in [-0.3, -0.25) is 0 Å². The summed E-state index contributed by atoms with van der Waals surface area (Å²) in [6, 6.07) is 1.91. The molecule has 2 N–H and O–H groups in total. The topological polar surface area (TPSA) is 64.7 Å². The Bertz CT molecular complexity index is 495. The Morgan fingerprint density at radius 3 is 2.94 bits per heavy atom. The van der Waals surface area contributed by atoms with Gasteiger partial charge in [-0.2, -0.15) is 4.37 Å². The zero-order valence-electron chi connectivity index (χ0n) is 9.10. The van der Waals surface area contributed by atoms with E-state index in [-0.39, 0.29) is 0 Å². The second kappa shape index (κ2) is 4.80. The molecule has 0 unspecified atom stereocenters. The third kappa shape index (κ3) is 2.51. The molecule has 0 bridgehead atoms. The Balaban J connectivity index is 2.20. The van der Waals surface area contributed by atoms with Crippen molar-refractivity contribution in [2.45, 2.75) is 29.6 Å². The summed E-state index contributed by atoms with van der Waals surface area (Å²) in [6.45, 7) is 4.01. The summed E-state index contributed by atoms with van der Waals surface area (Å²) in [5, 5.41) is 0.796. The molecule has 0 saturated heterocycles. The molecule has 0 aliphatic heterocycles. The first-order valence-corrected chi connectivity index (χ1v) is 6.50. The summed E-state index contributed by atoms with van der Waals surface area (Å²) in [4.78, 5) is 8.65. The van der Waals surface area contributed by atoms with Crippen LogP contribution in [0.25, 0.3) is 0 Å². The number of pyridine rings is 1. The zero-order chi connectivity index (χ0) is 11.5. The lowest BCUT2D eigenvalue weighted by Gasteiger charge is -2.01. The predicted octanol–water partition coefficient (Wildman–Crippen LogP) is 2.54. The molecule has 84 valence electrons. The molecule has 0 aliphatic rings. The first-order valence-electron chi connectivity index (χ1n) is 4.91. The van der Waals surface area contributed by atoms with E-state index in [4.69, 9.17) is 5.73 Å². The largest absolute Gasteiger partial charge is 0.397 e. The van der Waals surface area contributed by atoms with E-state index in [9.17, 15) is 0 Å². The van der Waals surface area contributed by atoms with E-state index in [0.717, 1.165) is 27.2 Å². The van der Waals surface area contributed by atoms with Gasteiger partial charge in [-0.1, -0.05) is 6.92 Å². The Morgan fingerprint density at radius 1 is 1.50 bits per heavy atom. The quantitative estimate of drug-likeness (QED) is 0.909. The third-order valence-corrected chi connectivity index (χ3v) is 3.79. The molecular weight excluding hydrogens is 240 g/mol. The van der Waals surface area contributed by atoms with Crippen LogP contribution in [0.3, 0.4) is 0 Å². The van der Waals surface area contributed by atoms with Crippen molar-refractivity contribution < 1.29 is 0 Å². The SMILES string of the molecule is CCc1nsc(Sc2ncc(C)cc2N)n1. The smallest absolute Gasteiger partial charge is 0.176 e. The van der Waals surface area contributed by atoms with Crippen molar-refractivity contribution in [2.75, 3.05) is 5.73 Å². The molecule has 0 aromatic carbocycles. The summed E-state index contributed by atoms with van der Waals surface area (Å²) < 4.78 is 5.11. The number of anilines is 1. The number of hydrogen-bond acceptors (Lipinski definition) is 6. The minimum absolute atomic E-state index is 0.693. The Kier molecular flexibility index (Phi) is 3.40. The van der Waals surface area contributed by atoms with Gasteiger partial charge in [0.15, 0.2) is 4.34 Å². The first kappa shape index (κ1) is 11.3. The van der Waals surface area contributed by atoms with E-state index in [2.05, 4.69) is 14.3 Å². The number of aromatic nitrogens is 3. The average molecular weight is 252 g/mol. The standard InChI is InChI=1S/C10H12N4S2/c1-3-8-13-10(16-14-8)15-9-7(11)4-6(2)5-12-9/h4-5H,3,11H2,1-2H3. The minimum Gasteiger partial charge on any atom is -0.397 e. The molecule has 0 saturated carbocycles. The molecule has 2 rings (SSSR count). The summed E-state index contributed by atoms with van der Waals surface area (Å²) in [5.74, 6) is 0.873. The fraction of sp³-hybridized carbons (Fsp3) is 0.300. The molecule has 0 spiro atoms. The van der Waals surface area contributed by atoms with Gasteiger partial charge in [0.05, 0.1) is 5.69 Å². The van der Waals surface area contributed by atoms with E-state index in [1.807, 2.05) is 19.9 Å². The van der Waals surface area contributed by atoms with Gasteiger partial charge in [-0.15, -0.1) is 0 Å². The second-order valence-electron chi connectivity index (χ2n) is 3.34. The zero-order valence-corrected chi connectivity index (χ0v) is 10.7. The van der Waals surface area contributed by atoms with Gasteiger partial charge in [-0.25, -0.2) is 9.97 Å². The van der Waals surface area contributed by atoms with E-state index < -0.39 is 0 Å². The van der Waals surface area contributed by atoms with Gasteiger partial charge in [0, 0.05) is 12.6 Å². The highest BCUT2D eigenvalue weighted by Crippen LogP contribution is 2.31. The second-order valence-corrected chi connectivity index (χ2v) is 5.33. The lowest BCUT2D eigenvalue weighted by atomic mass is 10.3. The van der Waals surface area contributed by atoms with E-state index >= 15 is 0 Å². The Labute approximate surface area is 102 Å². The van der Waals surface area contributed by atoms with Gasteiger partial charge in [0.1, 0.15) is 10.9 Å². The summed E-state index contributed by atoms with van der Waals surface area (Å²) in [7, 11) is 0. The minimum atomic E-state index is 0.693. The fourth-order valence-corrected chi connectivity index (χ4v) is 2.77. The maximum atomic E-state index is 5.88. The van der Waals surface area contributed by atoms with Crippen LogP contribution in [0, 0.1) is 6.92 Å². The van der Waals surface area contributed by atoms with Crippen molar-refractivity contribution in [2.24, 2.45) is 0 Å². The molecule has 0 radical (unpaired) electrons. The van der Waals surface area contributed by atoms with Gasteiger partial charge in [-0.05, 0) is 41.8 Å². The highest BCUT2D eigenvalue weighted by Gasteiger charge is 2.08. The number of aryl methyl sites for hydroxylation is 2. The maximum Gasteiger partial charge on any atom is 0.176 e. The molecule has 2 heterocycles. The van der Waals surface area contributed by atoms with Gasteiger partial charge in [0.2, 0.25) is 0 Å². The number of nitrogens with zero attached hydrogens (tertiary/aromatic N) is 3. The van der Waals surface area contributed by atoms with Crippen LogP contribution in [-0.2, 0) is 6.42 Å². The molecular formula is C10H12N4S2. The molecule has 0 fully saturated rings. The van der Waals surface area contributed by atoms with Gasteiger partial charge >= 0.3 is 0 Å². The molecule has 2 aromatic heterocycles. The lowest BCUT2D eigenvalue weighted by molar-refractivity contribution is 0.970. The predicted molar refractivity (Wildman–Crippen MR) is 66.8 cm³/mol. The molecule has 2 aromatic rings. The van der Waals surface area contributed by atoms with Crippen molar-refractivity contribution in [1.29, 1.82) is 0 Å². The normalized spacial score (nSPS) is 10.6. The van der Waals surface area contributed by atoms with Crippen LogP contribution in [-0.4, -0.2) is 14.3 Å². The molecule has 0 atom stereocenters. The lowest BCUT2D eigenvalue weighted by Crippen LogP contribution is -1.92. The van der Waals surface area contributed by atoms with Crippen molar-refractivity contribution >= 4 is 29.0 Å². The van der Waals surface area contributed by atoms with Crippen LogP contribution >= 0.6 is 23.3 Å². The van der Waals surface area contributed by atoms with Crippen LogP contribution in [0.2, 0.25) is 0 Å². The van der Waals surface area contributed by atoms with Crippen molar-refractivity contribution in [3.63, 3.8) is 0 Å². The number of rotatable bonds is 3. The summed E-state index contributed by atoms with van der Waals surface area (Å²) in [6.07, 6.45) is 2.66. The number of hydrogen-bond donors (Lipinski definition) is 1. The van der Waals surface area contributed by atoms with Gasteiger partial charge < -0.3 is 5.73 Å². The maximum absolute atomic E-state index is 5.88. The molecule has 6 heteroatoms. The van der Waals surface area contributed by atoms with E-state index in [1.54, 1.807) is 6.20 Å². The van der Waals surface area contributed by atoms with Crippen molar-refractivity contribution in [3.05, 3.63) is 23.7 Å². The monoisotopic (exact) mass is 252 g/mol. The summed E-state index contributed by atoms with van der Waals surface area (Å²) >= 11 is 2.86.